The maximum atomic E-state index is 13.5. The summed E-state index contributed by atoms with van der Waals surface area (Å²) in [5.41, 5.74) is 0.778. The second-order valence-electron chi connectivity index (χ2n) is 7.99. The summed E-state index contributed by atoms with van der Waals surface area (Å²) in [7, 11) is 0. The highest BCUT2D eigenvalue weighted by molar-refractivity contribution is 6.00. The summed E-state index contributed by atoms with van der Waals surface area (Å²) >= 11 is 0. The third kappa shape index (κ3) is 4.35. The zero-order valence-electron chi connectivity index (χ0n) is 18.4. The Bertz CT molecular complexity index is 1480. The largest absolute Gasteiger partial charge is 0.375 e. The molecule has 0 bridgehead atoms. The van der Waals surface area contributed by atoms with Gasteiger partial charge in [0.25, 0.3) is 5.91 Å². The first-order chi connectivity index (χ1) is 16.3. The van der Waals surface area contributed by atoms with Gasteiger partial charge in [-0.1, -0.05) is 53.7 Å². The molecule has 1 unspecified atom stereocenters. The maximum absolute atomic E-state index is 13.5. The molecule has 0 fully saturated rings. The van der Waals surface area contributed by atoms with Crippen LogP contribution in [0.15, 0.2) is 82.6 Å². The average Bonchev–Trinajstić information content (AvgIpc) is 2.85. The first kappa shape index (κ1) is 22.6. The van der Waals surface area contributed by atoms with E-state index in [0.29, 0.717) is 33.3 Å². The van der Waals surface area contributed by atoms with Crippen LogP contribution in [0.4, 0.5) is 5.69 Å². The summed E-state index contributed by atoms with van der Waals surface area (Å²) in [5.74, 6) is -0.659. The number of nitrogens with zero attached hydrogens (tertiary/aromatic N) is 2. The standard InChI is InChI=1S/C27H21N3O4/c1-3-24-23-14-21(12-13-22(23)25(31)34-30-24)29-26(32)27(33,15-18-6-4-17(2)5-7-18)20-10-8-19(16-28)9-11-20/h3-14,33H,1,15H2,2H3,(H,29,32). The van der Waals surface area contributed by atoms with Gasteiger partial charge in [-0.15, -0.1) is 0 Å². The quantitative estimate of drug-likeness (QED) is 0.456. The van der Waals surface area contributed by atoms with Gasteiger partial charge in [0, 0.05) is 17.5 Å². The van der Waals surface area contributed by atoms with Crippen molar-refractivity contribution in [3.05, 3.63) is 112 Å². The number of hydrogen-bond acceptors (Lipinski definition) is 6. The van der Waals surface area contributed by atoms with Crippen LogP contribution in [-0.4, -0.2) is 16.2 Å². The summed E-state index contributed by atoms with van der Waals surface area (Å²) < 4.78 is 4.76. The van der Waals surface area contributed by atoms with Gasteiger partial charge in [0.2, 0.25) is 0 Å². The number of carbonyl (C=O) groups is 1. The first-order valence-electron chi connectivity index (χ1n) is 10.5. The molecule has 0 spiro atoms. The lowest BCUT2D eigenvalue weighted by atomic mass is 9.85. The molecule has 7 heteroatoms. The number of fused-ring (bicyclic) bond motifs is 1. The van der Waals surface area contributed by atoms with Crippen LogP contribution >= 0.6 is 0 Å². The number of benzene rings is 3. The number of aromatic nitrogens is 1. The summed E-state index contributed by atoms with van der Waals surface area (Å²) in [6, 6.07) is 20.5. The molecule has 1 amide bonds. The van der Waals surface area contributed by atoms with Crippen molar-refractivity contribution in [1.29, 1.82) is 5.26 Å². The number of carbonyl (C=O) groups excluding carboxylic acids is 1. The highest BCUT2D eigenvalue weighted by Gasteiger charge is 2.38. The molecule has 7 nitrogen and oxygen atoms in total. The predicted molar refractivity (Wildman–Crippen MR) is 129 cm³/mol. The van der Waals surface area contributed by atoms with Gasteiger partial charge in [-0.3, -0.25) is 4.79 Å². The van der Waals surface area contributed by atoms with Crippen LogP contribution in [0.2, 0.25) is 0 Å². The molecule has 1 heterocycles. The van der Waals surface area contributed by atoms with Crippen LogP contribution in [0.5, 0.6) is 0 Å². The van der Waals surface area contributed by atoms with Gasteiger partial charge in [0.1, 0.15) is 5.69 Å². The fraction of sp³-hybridized carbons (Fsp3) is 0.111. The smallest absolute Gasteiger partial charge is 0.366 e. The zero-order valence-corrected chi connectivity index (χ0v) is 18.4. The normalized spacial score (nSPS) is 12.5. The third-order valence-electron chi connectivity index (χ3n) is 5.64. The van der Waals surface area contributed by atoms with Crippen LogP contribution in [0.25, 0.3) is 16.8 Å². The van der Waals surface area contributed by atoms with E-state index in [0.717, 1.165) is 11.1 Å². The molecule has 0 aliphatic rings. The molecule has 4 rings (SSSR count). The Morgan fingerprint density at radius 1 is 1.15 bits per heavy atom. The lowest BCUT2D eigenvalue weighted by molar-refractivity contribution is -0.135. The van der Waals surface area contributed by atoms with E-state index in [-0.39, 0.29) is 6.42 Å². The molecule has 0 aliphatic heterocycles. The number of nitriles is 1. The molecule has 4 aromatic rings. The van der Waals surface area contributed by atoms with Crippen LogP contribution in [-0.2, 0) is 16.8 Å². The fourth-order valence-electron chi connectivity index (χ4n) is 3.72. The average molecular weight is 451 g/mol. The Morgan fingerprint density at radius 3 is 2.50 bits per heavy atom. The van der Waals surface area contributed by atoms with Crippen LogP contribution in [0.1, 0.15) is 27.9 Å². The highest BCUT2D eigenvalue weighted by Crippen LogP contribution is 2.29. The Hall–Kier alpha value is -4.54. The van der Waals surface area contributed by atoms with Crippen LogP contribution in [0, 0.1) is 18.3 Å². The van der Waals surface area contributed by atoms with Crippen LogP contribution < -0.4 is 10.9 Å². The molecule has 1 atom stereocenters. The SMILES string of the molecule is C=Cc1noc(=O)c2ccc(NC(=O)C(O)(Cc3ccc(C)cc3)c3ccc(C#N)cc3)cc12. The molecule has 0 aliphatic carbocycles. The Kier molecular flexibility index (Phi) is 6.09. The molecule has 1 aromatic heterocycles. The lowest BCUT2D eigenvalue weighted by Crippen LogP contribution is -2.42. The summed E-state index contributed by atoms with van der Waals surface area (Å²) in [4.78, 5) is 25.5. The number of amides is 1. The van der Waals surface area contributed by atoms with Crippen molar-refractivity contribution in [2.75, 3.05) is 5.32 Å². The summed E-state index contributed by atoms with van der Waals surface area (Å²) in [5, 5.41) is 28.0. The first-order valence-corrected chi connectivity index (χ1v) is 10.5. The van der Waals surface area contributed by atoms with E-state index in [4.69, 9.17) is 9.78 Å². The summed E-state index contributed by atoms with van der Waals surface area (Å²) in [6.45, 7) is 5.63. The van der Waals surface area contributed by atoms with Gasteiger partial charge in [0.15, 0.2) is 5.60 Å². The van der Waals surface area contributed by atoms with E-state index in [1.54, 1.807) is 36.4 Å². The van der Waals surface area contributed by atoms with E-state index in [2.05, 4.69) is 17.1 Å². The minimum atomic E-state index is -1.92. The van der Waals surface area contributed by atoms with Crippen molar-refractivity contribution in [2.45, 2.75) is 18.9 Å². The second kappa shape index (κ2) is 9.14. The molecule has 168 valence electrons. The van der Waals surface area contributed by atoms with Crippen molar-refractivity contribution in [3.8, 4) is 6.07 Å². The van der Waals surface area contributed by atoms with Crippen molar-refractivity contribution >= 4 is 28.4 Å². The minimum Gasteiger partial charge on any atom is -0.375 e. The number of nitrogens with one attached hydrogen (secondary N) is 1. The fourth-order valence-corrected chi connectivity index (χ4v) is 3.72. The van der Waals surface area contributed by atoms with E-state index < -0.39 is 17.1 Å². The van der Waals surface area contributed by atoms with Gasteiger partial charge in [-0.2, -0.15) is 5.26 Å². The van der Waals surface area contributed by atoms with Crippen molar-refractivity contribution in [2.24, 2.45) is 0 Å². The Morgan fingerprint density at radius 2 is 1.85 bits per heavy atom. The van der Waals surface area contributed by atoms with E-state index >= 15 is 0 Å². The number of anilines is 1. The molecule has 0 radical (unpaired) electrons. The topological polar surface area (TPSA) is 116 Å². The molecule has 0 saturated carbocycles. The molecule has 34 heavy (non-hydrogen) atoms. The zero-order chi connectivity index (χ0) is 24.3. The number of aliphatic hydroxyl groups is 1. The minimum absolute atomic E-state index is 0.0155. The number of aryl methyl sites for hydroxylation is 1. The number of rotatable bonds is 6. The monoisotopic (exact) mass is 451 g/mol. The maximum Gasteiger partial charge on any atom is 0.366 e. The highest BCUT2D eigenvalue weighted by atomic mass is 16.5. The van der Waals surface area contributed by atoms with E-state index in [1.165, 1.54) is 12.1 Å². The molecular formula is C27H21N3O4. The van der Waals surface area contributed by atoms with Crippen molar-refractivity contribution < 1.29 is 14.4 Å². The molecule has 0 saturated heterocycles. The number of hydrogen-bond donors (Lipinski definition) is 2. The molecular weight excluding hydrogens is 430 g/mol. The molecule has 2 N–H and O–H groups in total. The second-order valence-corrected chi connectivity index (χ2v) is 7.99. The van der Waals surface area contributed by atoms with E-state index in [9.17, 15) is 14.7 Å². The van der Waals surface area contributed by atoms with Gasteiger partial charge in [-0.05, 0) is 54.5 Å². The predicted octanol–water partition coefficient (Wildman–Crippen LogP) is 4.08. The Labute approximate surface area is 195 Å². The van der Waals surface area contributed by atoms with Crippen molar-refractivity contribution in [3.63, 3.8) is 0 Å². The molecule has 3 aromatic carbocycles. The lowest BCUT2D eigenvalue weighted by Gasteiger charge is -2.28. The Balaban J connectivity index is 1.74. The van der Waals surface area contributed by atoms with E-state index in [1.807, 2.05) is 37.3 Å². The van der Waals surface area contributed by atoms with Crippen molar-refractivity contribution in [1.82, 2.24) is 5.16 Å². The van der Waals surface area contributed by atoms with Gasteiger partial charge in [0.05, 0.1) is 17.0 Å². The summed E-state index contributed by atoms with van der Waals surface area (Å²) in [6.07, 6.45) is 1.46. The third-order valence-corrected chi connectivity index (χ3v) is 5.64. The van der Waals surface area contributed by atoms with Gasteiger partial charge in [-0.25, -0.2) is 4.79 Å². The van der Waals surface area contributed by atoms with Gasteiger partial charge >= 0.3 is 5.63 Å². The van der Waals surface area contributed by atoms with Gasteiger partial charge < -0.3 is 14.9 Å². The van der Waals surface area contributed by atoms with Crippen LogP contribution in [0.3, 0.4) is 0 Å².